The van der Waals surface area contributed by atoms with Gasteiger partial charge in [-0.3, -0.25) is 4.90 Å². The van der Waals surface area contributed by atoms with Crippen LogP contribution >= 0.6 is 0 Å². The van der Waals surface area contributed by atoms with Crippen molar-refractivity contribution in [2.24, 2.45) is 17.6 Å². The molecule has 3 N–H and O–H groups in total. The Labute approximate surface area is 252 Å². The maximum atomic E-state index is 11.6. The van der Waals surface area contributed by atoms with Crippen molar-refractivity contribution in [2.45, 2.75) is 72.4 Å². The van der Waals surface area contributed by atoms with E-state index in [1.165, 1.54) is 29.7 Å². The molecule has 0 aliphatic heterocycles. The fourth-order valence-electron chi connectivity index (χ4n) is 4.73. The van der Waals surface area contributed by atoms with Gasteiger partial charge in [0.1, 0.15) is 18.1 Å². The van der Waals surface area contributed by atoms with Crippen LogP contribution in [0.25, 0.3) is 0 Å². The van der Waals surface area contributed by atoms with Gasteiger partial charge in [0.25, 0.3) is 0 Å². The Hall–Kier alpha value is -3.35. The number of aliphatic carboxylic acids is 1. The SMILES string of the molecule is CC(C)(C)c1ccc(O[C@@H](Cc2ccc(OCCN)cc2)C(=O)O)cc1.CCN(Cc1ccc(C)cc1)CC1CC1C. The molecule has 3 atom stereocenters. The highest BCUT2D eigenvalue weighted by molar-refractivity contribution is 5.73. The number of rotatable bonds is 13. The highest BCUT2D eigenvalue weighted by Gasteiger charge is 2.33. The fraction of sp³-hybridized carbons (Fsp3) is 0.472. The Bertz CT molecular complexity index is 1220. The Morgan fingerprint density at radius 1 is 0.976 bits per heavy atom. The number of nitrogens with zero attached hydrogens (tertiary/aromatic N) is 1. The zero-order valence-electron chi connectivity index (χ0n) is 26.3. The van der Waals surface area contributed by atoms with E-state index in [0.29, 0.717) is 24.7 Å². The third kappa shape index (κ3) is 11.1. The number of carboxylic acid groups (broad SMARTS) is 1. The summed E-state index contributed by atoms with van der Waals surface area (Å²) in [4.78, 5) is 14.1. The Kier molecular flexibility index (Phi) is 12.4. The average Bonchev–Trinajstić information content (AvgIpc) is 3.67. The van der Waals surface area contributed by atoms with Crippen molar-refractivity contribution in [3.05, 3.63) is 95.1 Å². The third-order valence-corrected chi connectivity index (χ3v) is 7.75. The number of carboxylic acids is 1. The van der Waals surface area contributed by atoms with E-state index in [1.807, 2.05) is 48.5 Å². The van der Waals surface area contributed by atoms with Crippen molar-refractivity contribution < 1.29 is 19.4 Å². The first-order chi connectivity index (χ1) is 20.0. The van der Waals surface area contributed by atoms with Crippen LogP contribution in [-0.2, 0) is 23.2 Å². The second kappa shape index (κ2) is 15.8. The minimum absolute atomic E-state index is 0.0401. The second-order valence-corrected chi connectivity index (χ2v) is 12.5. The van der Waals surface area contributed by atoms with E-state index in [4.69, 9.17) is 15.2 Å². The molecule has 0 amide bonds. The smallest absolute Gasteiger partial charge is 0.345 e. The lowest BCUT2D eigenvalue weighted by Crippen LogP contribution is -2.29. The van der Waals surface area contributed by atoms with Crippen LogP contribution in [0.3, 0.4) is 0 Å². The normalized spacial score (nSPS) is 16.8. The van der Waals surface area contributed by atoms with E-state index in [9.17, 15) is 9.90 Å². The molecule has 0 aromatic heterocycles. The van der Waals surface area contributed by atoms with Gasteiger partial charge in [-0.2, -0.15) is 0 Å². The van der Waals surface area contributed by atoms with Crippen LogP contribution in [0.4, 0.5) is 0 Å². The van der Waals surface area contributed by atoms with E-state index in [1.54, 1.807) is 0 Å². The second-order valence-electron chi connectivity index (χ2n) is 12.5. The molecule has 42 heavy (non-hydrogen) atoms. The topological polar surface area (TPSA) is 85.0 Å². The minimum Gasteiger partial charge on any atom is -0.492 e. The Morgan fingerprint density at radius 3 is 2.05 bits per heavy atom. The first-order valence-corrected chi connectivity index (χ1v) is 15.2. The number of ether oxygens (including phenoxy) is 2. The highest BCUT2D eigenvalue weighted by Crippen LogP contribution is 2.38. The standard InChI is InChI=1S/C21H27NO4.C15H23N/c1-21(2,3)16-6-10-18(11-7-16)26-19(20(23)24)14-15-4-8-17(9-5-15)25-13-12-22;1-4-16(11-15-9-13(15)3)10-14-7-5-12(2)6-8-14/h4-11,19H,12-14,22H2,1-3H3,(H,23,24);5-8,13,15H,4,9-11H2,1-3H3/t19-;/m0./s1. The molecule has 0 saturated heterocycles. The summed E-state index contributed by atoms with van der Waals surface area (Å²) in [6.45, 7) is 17.6. The summed E-state index contributed by atoms with van der Waals surface area (Å²) < 4.78 is 11.1. The molecule has 0 bridgehead atoms. The predicted octanol–water partition coefficient (Wildman–Crippen LogP) is 6.87. The molecular weight excluding hydrogens is 524 g/mol. The molecular formula is C36H50N2O4. The van der Waals surface area contributed by atoms with Gasteiger partial charge in [0, 0.05) is 26.1 Å². The first kappa shape index (κ1) is 33.2. The van der Waals surface area contributed by atoms with Crippen LogP contribution in [-0.4, -0.2) is 48.3 Å². The lowest BCUT2D eigenvalue weighted by molar-refractivity contribution is -0.145. The van der Waals surface area contributed by atoms with Crippen molar-refractivity contribution in [2.75, 3.05) is 26.2 Å². The highest BCUT2D eigenvalue weighted by atomic mass is 16.5. The summed E-state index contributed by atoms with van der Waals surface area (Å²) >= 11 is 0. The summed E-state index contributed by atoms with van der Waals surface area (Å²) in [5, 5.41) is 9.49. The molecule has 1 saturated carbocycles. The van der Waals surface area contributed by atoms with Crippen molar-refractivity contribution in [1.29, 1.82) is 0 Å². The first-order valence-electron chi connectivity index (χ1n) is 15.2. The summed E-state index contributed by atoms with van der Waals surface area (Å²) in [6, 6.07) is 23.8. The van der Waals surface area contributed by atoms with E-state index in [2.05, 4.69) is 70.7 Å². The molecule has 1 fully saturated rings. The van der Waals surface area contributed by atoms with Crippen LogP contribution < -0.4 is 15.2 Å². The van der Waals surface area contributed by atoms with Crippen molar-refractivity contribution in [1.82, 2.24) is 4.90 Å². The van der Waals surface area contributed by atoms with Gasteiger partial charge in [-0.15, -0.1) is 0 Å². The molecule has 0 heterocycles. The molecule has 228 valence electrons. The fourth-order valence-corrected chi connectivity index (χ4v) is 4.73. The molecule has 1 aliphatic carbocycles. The lowest BCUT2D eigenvalue weighted by Gasteiger charge is -2.20. The maximum absolute atomic E-state index is 11.6. The maximum Gasteiger partial charge on any atom is 0.345 e. The van der Waals surface area contributed by atoms with E-state index in [-0.39, 0.29) is 11.8 Å². The van der Waals surface area contributed by atoms with Gasteiger partial charge in [0.2, 0.25) is 0 Å². The number of hydrogen-bond acceptors (Lipinski definition) is 5. The molecule has 4 rings (SSSR count). The van der Waals surface area contributed by atoms with Crippen molar-refractivity contribution in [3.63, 3.8) is 0 Å². The van der Waals surface area contributed by atoms with E-state index < -0.39 is 12.1 Å². The van der Waals surface area contributed by atoms with Gasteiger partial charge < -0.3 is 20.3 Å². The largest absolute Gasteiger partial charge is 0.492 e. The zero-order valence-corrected chi connectivity index (χ0v) is 26.3. The Balaban J connectivity index is 0.000000258. The van der Waals surface area contributed by atoms with Gasteiger partial charge in [-0.25, -0.2) is 4.79 Å². The predicted molar refractivity (Wildman–Crippen MR) is 171 cm³/mol. The summed E-state index contributed by atoms with van der Waals surface area (Å²) in [6.07, 6.45) is 0.754. The van der Waals surface area contributed by atoms with Crippen molar-refractivity contribution >= 4 is 5.97 Å². The molecule has 6 heteroatoms. The summed E-state index contributed by atoms with van der Waals surface area (Å²) in [5.41, 5.74) is 10.3. The summed E-state index contributed by atoms with van der Waals surface area (Å²) in [7, 11) is 0. The molecule has 0 spiro atoms. The van der Waals surface area contributed by atoms with Crippen LogP contribution in [0.5, 0.6) is 11.5 Å². The number of benzene rings is 3. The average molecular weight is 575 g/mol. The number of nitrogens with two attached hydrogens (primary N) is 1. The Morgan fingerprint density at radius 2 is 1.55 bits per heavy atom. The molecule has 1 aliphatic rings. The summed E-state index contributed by atoms with van der Waals surface area (Å²) in [5.74, 6) is 2.20. The number of aryl methyl sites for hydroxylation is 1. The van der Waals surface area contributed by atoms with Crippen LogP contribution in [0.15, 0.2) is 72.8 Å². The molecule has 3 aromatic carbocycles. The van der Waals surface area contributed by atoms with E-state index in [0.717, 1.165) is 30.5 Å². The van der Waals surface area contributed by atoms with Crippen LogP contribution in [0.1, 0.15) is 63.3 Å². The minimum atomic E-state index is -0.992. The quantitative estimate of drug-likeness (QED) is 0.232. The van der Waals surface area contributed by atoms with Gasteiger partial charge in [0.05, 0.1) is 0 Å². The lowest BCUT2D eigenvalue weighted by atomic mass is 9.87. The monoisotopic (exact) mass is 574 g/mol. The molecule has 0 radical (unpaired) electrons. The van der Waals surface area contributed by atoms with Gasteiger partial charge in [0.15, 0.2) is 6.10 Å². The van der Waals surface area contributed by atoms with Gasteiger partial charge in [-0.1, -0.05) is 88.7 Å². The zero-order chi connectivity index (χ0) is 30.7. The number of carbonyl (C=O) groups is 1. The third-order valence-electron chi connectivity index (χ3n) is 7.75. The number of hydrogen-bond donors (Lipinski definition) is 2. The molecule has 6 nitrogen and oxygen atoms in total. The van der Waals surface area contributed by atoms with Crippen LogP contribution in [0.2, 0.25) is 0 Å². The molecule has 2 unspecified atom stereocenters. The van der Waals surface area contributed by atoms with Crippen molar-refractivity contribution in [3.8, 4) is 11.5 Å². The van der Waals surface area contributed by atoms with E-state index >= 15 is 0 Å². The van der Waals surface area contributed by atoms with Crippen LogP contribution in [0, 0.1) is 18.8 Å². The van der Waals surface area contributed by atoms with Gasteiger partial charge >= 0.3 is 5.97 Å². The van der Waals surface area contributed by atoms with Gasteiger partial charge in [-0.05, 0) is 78.1 Å². The molecule has 3 aromatic rings.